The number of esters is 1. The summed E-state index contributed by atoms with van der Waals surface area (Å²) in [5, 5.41) is 0. The molecule has 1 aromatic carbocycles. The first-order valence-electron chi connectivity index (χ1n) is 8.06. The van der Waals surface area contributed by atoms with Crippen molar-refractivity contribution < 1.29 is 9.53 Å². The molecule has 1 rings (SSSR count). The summed E-state index contributed by atoms with van der Waals surface area (Å²) in [5.74, 6) is 2.54. The van der Waals surface area contributed by atoms with Crippen molar-refractivity contribution in [1.29, 1.82) is 0 Å². The number of ether oxygens (including phenoxy) is 1. The Bertz CT molecular complexity index is 622. The second-order valence-corrected chi connectivity index (χ2v) is 5.60. The second kappa shape index (κ2) is 9.69. The molecule has 0 heterocycles. The molecular formula is C21H26O2. The molecule has 122 valence electrons. The van der Waals surface area contributed by atoms with E-state index in [1.807, 2.05) is 19.9 Å². The van der Waals surface area contributed by atoms with E-state index >= 15 is 0 Å². The van der Waals surface area contributed by atoms with Crippen LogP contribution < -0.4 is 0 Å². The molecule has 0 aromatic heterocycles. The zero-order valence-corrected chi connectivity index (χ0v) is 14.6. The molecule has 0 aliphatic heterocycles. The normalized spacial score (nSPS) is 12.0. The molecule has 0 unspecified atom stereocenters. The van der Waals surface area contributed by atoms with Crippen LogP contribution in [-0.2, 0) is 9.53 Å². The van der Waals surface area contributed by atoms with E-state index in [4.69, 9.17) is 11.2 Å². The number of carbonyl (C=O) groups is 1. The zero-order chi connectivity index (χ0) is 17.2. The van der Waals surface area contributed by atoms with Gasteiger partial charge in [-0.25, -0.2) is 0 Å². The predicted octanol–water partition coefficient (Wildman–Crippen LogP) is 5.00. The van der Waals surface area contributed by atoms with E-state index in [0.29, 0.717) is 13.0 Å². The third kappa shape index (κ3) is 6.16. The van der Waals surface area contributed by atoms with Gasteiger partial charge in [-0.1, -0.05) is 30.2 Å². The minimum atomic E-state index is -0.134. The molecule has 0 amide bonds. The van der Waals surface area contributed by atoms with Crippen molar-refractivity contribution in [2.24, 2.45) is 0 Å². The number of unbranched alkanes of at least 4 members (excludes halogenated alkanes) is 1. The van der Waals surface area contributed by atoms with Crippen molar-refractivity contribution in [3.05, 3.63) is 52.6 Å². The van der Waals surface area contributed by atoms with Gasteiger partial charge in [-0.05, 0) is 74.4 Å². The van der Waals surface area contributed by atoms with E-state index in [1.54, 1.807) is 0 Å². The Kier molecular flexibility index (Phi) is 7.91. The van der Waals surface area contributed by atoms with Crippen LogP contribution in [0.2, 0.25) is 0 Å². The average molecular weight is 310 g/mol. The van der Waals surface area contributed by atoms with E-state index in [2.05, 4.69) is 44.0 Å². The maximum atomic E-state index is 11.4. The van der Waals surface area contributed by atoms with Gasteiger partial charge >= 0.3 is 5.97 Å². The molecule has 0 spiro atoms. The molecule has 0 fully saturated rings. The highest BCUT2D eigenvalue weighted by Gasteiger charge is 2.07. The van der Waals surface area contributed by atoms with Crippen molar-refractivity contribution in [3.8, 4) is 12.3 Å². The van der Waals surface area contributed by atoms with E-state index < -0.39 is 0 Å². The topological polar surface area (TPSA) is 26.3 Å². The Balaban J connectivity index is 2.96. The smallest absolute Gasteiger partial charge is 0.305 e. The van der Waals surface area contributed by atoms with Gasteiger partial charge in [0.15, 0.2) is 0 Å². The summed E-state index contributed by atoms with van der Waals surface area (Å²) in [6.07, 6.45) is 11.7. The number of allylic oxidation sites excluding steroid dienone is 4. The van der Waals surface area contributed by atoms with Gasteiger partial charge < -0.3 is 4.74 Å². The average Bonchev–Trinajstić information content (AvgIpc) is 2.51. The number of carbonyl (C=O) groups excluding carboxylic acids is 1. The zero-order valence-electron chi connectivity index (χ0n) is 14.6. The Labute approximate surface area is 140 Å². The van der Waals surface area contributed by atoms with E-state index in [9.17, 15) is 4.79 Å². The van der Waals surface area contributed by atoms with Crippen LogP contribution in [0.5, 0.6) is 0 Å². The van der Waals surface area contributed by atoms with Crippen LogP contribution in [0, 0.1) is 26.2 Å². The number of hydrogen-bond acceptors (Lipinski definition) is 2. The molecule has 0 aliphatic rings. The molecule has 2 nitrogen and oxygen atoms in total. The molecule has 0 atom stereocenters. The van der Waals surface area contributed by atoms with Gasteiger partial charge in [0.05, 0.1) is 6.61 Å². The molecule has 0 N–H and O–H groups in total. The lowest BCUT2D eigenvalue weighted by Gasteiger charge is -2.12. The maximum absolute atomic E-state index is 11.4. The third-order valence-electron chi connectivity index (χ3n) is 3.62. The lowest BCUT2D eigenvalue weighted by molar-refractivity contribution is -0.143. The van der Waals surface area contributed by atoms with Gasteiger partial charge in [0.2, 0.25) is 0 Å². The molecule has 23 heavy (non-hydrogen) atoms. The van der Waals surface area contributed by atoms with E-state index in [0.717, 1.165) is 24.0 Å². The number of benzene rings is 1. The van der Waals surface area contributed by atoms with Crippen molar-refractivity contribution in [2.75, 3.05) is 6.61 Å². The highest BCUT2D eigenvalue weighted by Crippen LogP contribution is 2.26. The first-order chi connectivity index (χ1) is 11.0. The Morgan fingerprint density at radius 3 is 2.52 bits per heavy atom. The molecule has 0 radical (unpaired) electrons. The number of terminal acetylenes is 1. The monoisotopic (exact) mass is 310 g/mol. The largest absolute Gasteiger partial charge is 0.466 e. The number of hydrogen-bond donors (Lipinski definition) is 0. The summed E-state index contributed by atoms with van der Waals surface area (Å²) < 4.78 is 4.96. The molecule has 2 heteroatoms. The first-order valence-corrected chi connectivity index (χ1v) is 8.06. The Morgan fingerprint density at radius 2 is 1.96 bits per heavy atom. The Hall–Kier alpha value is -2.27. The molecule has 1 aromatic rings. The Morgan fingerprint density at radius 1 is 1.30 bits per heavy atom. The first kappa shape index (κ1) is 18.8. The van der Waals surface area contributed by atoms with Crippen LogP contribution in [0.1, 0.15) is 49.8 Å². The van der Waals surface area contributed by atoms with Gasteiger partial charge in [0, 0.05) is 6.42 Å². The quantitative estimate of drug-likeness (QED) is 0.306. The summed E-state index contributed by atoms with van der Waals surface area (Å²) >= 11 is 0. The van der Waals surface area contributed by atoms with Gasteiger partial charge in [-0.2, -0.15) is 0 Å². The highest BCUT2D eigenvalue weighted by molar-refractivity contribution is 5.79. The minimum Gasteiger partial charge on any atom is -0.466 e. The number of aryl methyl sites for hydroxylation is 2. The van der Waals surface area contributed by atoms with Crippen LogP contribution in [0.15, 0.2) is 35.9 Å². The van der Waals surface area contributed by atoms with Crippen molar-refractivity contribution in [3.63, 3.8) is 0 Å². The molecule has 0 saturated heterocycles. The molecular weight excluding hydrogens is 284 g/mol. The fourth-order valence-electron chi connectivity index (χ4n) is 2.51. The van der Waals surface area contributed by atoms with Crippen molar-refractivity contribution >= 4 is 11.5 Å². The summed E-state index contributed by atoms with van der Waals surface area (Å²) in [5.41, 5.74) is 5.69. The van der Waals surface area contributed by atoms with Gasteiger partial charge in [0.1, 0.15) is 0 Å². The van der Waals surface area contributed by atoms with Gasteiger partial charge in [-0.3, -0.25) is 4.79 Å². The summed E-state index contributed by atoms with van der Waals surface area (Å²) in [6.45, 7) is 8.40. The van der Waals surface area contributed by atoms with Crippen molar-refractivity contribution in [2.45, 2.75) is 47.0 Å². The van der Waals surface area contributed by atoms with Crippen LogP contribution in [0.25, 0.3) is 5.57 Å². The van der Waals surface area contributed by atoms with Gasteiger partial charge in [0.25, 0.3) is 0 Å². The third-order valence-corrected chi connectivity index (χ3v) is 3.62. The highest BCUT2D eigenvalue weighted by atomic mass is 16.5. The second-order valence-electron chi connectivity index (χ2n) is 5.60. The minimum absolute atomic E-state index is 0.134. The van der Waals surface area contributed by atoms with Crippen molar-refractivity contribution in [1.82, 2.24) is 0 Å². The summed E-state index contributed by atoms with van der Waals surface area (Å²) in [6, 6.07) is 6.27. The SMILES string of the molecule is C#C/C(C)=C\C(=C/CCCC(=O)OCC)c1c(C)cccc1C. The molecule has 0 aliphatic carbocycles. The lowest BCUT2D eigenvalue weighted by Crippen LogP contribution is -2.02. The van der Waals surface area contributed by atoms with Crippen LogP contribution in [0.3, 0.4) is 0 Å². The maximum Gasteiger partial charge on any atom is 0.305 e. The van der Waals surface area contributed by atoms with Crippen LogP contribution in [0.4, 0.5) is 0 Å². The fourth-order valence-corrected chi connectivity index (χ4v) is 2.51. The molecule has 0 bridgehead atoms. The fraction of sp³-hybridized carbons (Fsp3) is 0.381. The van der Waals surface area contributed by atoms with Gasteiger partial charge in [-0.15, -0.1) is 6.42 Å². The summed E-state index contributed by atoms with van der Waals surface area (Å²) in [4.78, 5) is 11.4. The van der Waals surface area contributed by atoms with Crippen LogP contribution >= 0.6 is 0 Å². The van der Waals surface area contributed by atoms with E-state index in [1.165, 1.54) is 16.7 Å². The lowest BCUT2D eigenvalue weighted by atomic mass is 9.93. The predicted molar refractivity (Wildman–Crippen MR) is 97.0 cm³/mol. The van der Waals surface area contributed by atoms with E-state index in [-0.39, 0.29) is 5.97 Å². The summed E-state index contributed by atoms with van der Waals surface area (Å²) in [7, 11) is 0. The number of rotatable bonds is 7. The standard InChI is InChI=1S/C21H26O2/c1-6-16(3)15-19(13-8-9-14-20(22)23-7-2)21-17(4)11-10-12-18(21)5/h1,10-13,15H,7-9,14H2,2-5H3/b16-15-,19-13+. The molecule has 0 saturated carbocycles. The van der Waals surface area contributed by atoms with Crippen LogP contribution in [-0.4, -0.2) is 12.6 Å².